The number of rotatable bonds is 4. The lowest BCUT2D eigenvalue weighted by atomic mass is 9.85. The number of carbonyl (C=O) groups is 1. The van der Waals surface area contributed by atoms with Crippen LogP contribution in [0.3, 0.4) is 0 Å². The van der Waals surface area contributed by atoms with E-state index in [4.69, 9.17) is 5.11 Å². The van der Waals surface area contributed by atoms with Crippen LogP contribution in [-0.4, -0.2) is 34.6 Å². The number of carboxylic acids is 1. The van der Waals surface area contributed by atoms with Gasteiger partial charge in [-0.2, -0.15) is 0 Å². The highest BCUT2D eigenvalue weighted by Gasteiger charge is 2.20. The van der Waals surface area contributed by atoms with E-state index in [2.05, 4.69) is 9.97 Å². The summed E-state index contributed by atoms with van der Waals surface area (Å²) >= 11 is 0. The highest BCUT2D eigenvalue weighted by atomic mass is 16.4. The molecule has 0 aromatic carbocycles. The highest BCUT2D eigenvalue weighted by molar-refractivity contribution is 5.88. The zero-order chi connectivity index (χ0) is 12.4. The second kappa shape index (κ2) is 4.69. The van der Waals surface area contributed by atoms with Crippen LogP contribution in [0.5, 0.6) is 0 Å². The second-order valence-electron chi connectivity index (χ2n) is 4.65. The van der Waals surface area contributed by atoms with Crippen LogP contribution in [0.4, 0.5) is 5.95 Å². The Labute approximate surface area is 100 Å². The maximum absolute atomic E-state index is 10.8. The quantitative estimate of drug-likeness (QED) is 0.860. The Balaban J connectivity index is 2.10. The first-order valence-electron chi connectivity index (χ1n) is 5.86. The second-order valence-corrected chi connectivity index (χ2v) is 4.65. The van der Waals surface area contributed by atoms with Gasteiger partial charge in [0.1, 0.15) is 0 Å². The van der Waals surface area contributed by atoms with Gasteiger partial charge in [0.05, 0.1) is 11.3 Å². The van der Waals surface area contributed by atoms with Gasteiger partial charge < -0.3 is 10.0 Å². The Morgan fingerprint density at radius 2 is 2.29 bits per heavy atom. The average molecular weight is 235 g/mol. The zero-order valence-electron chi connectivity index (χ0n) is 10.2. The van der Waals surface area contributed by atoms with Crippen LogP contribution >= 0.6 is 0 Å². The van der Waals surface area contributed by atoms with E-state index in [0.717, 1.165) is 12.5 Å². The van der Waals surface area contributed by atoms with Gasteiger partial charge in [0, 0.05) is 19.8 Å². The smallest absolute Gasteiger partial charge is 0.339 e. The molecule has 0 saturated heterocycles. The summed E-state index contributed by atoms with van der Waals surface area (Å²) in [5.74, 6) is 0.373. The van der Waals surface area contributed by atoms with Crippen LogP contribution in [0.1, 0.15) is 35.3 Å². The molecule has 0 unspecified atom stereocenters. The lowest BCUT2D eigenvalue weighted by Crippen LogP contribution is -2.30. The first-order chi connectivity index (χ1) is 8.08. The first kappa shape index (κ1) is 11.8. The normalized spacial score (nSPS) is 15.4. The molecule has 92 valence electrons. The van der Waals surface area contributed by atoms with Gasteiger partial charge >= 0.3 is 5.97 Å². The van der Waals surface area contributed by atoms with Crippen molar-refractivity contribution in [3.63, 3.8) is 0 Å². The number of nitrogens with zero attached hydrogens (tertiary/aromatic N) is 3. The van der Waals surface area contributed by atoms with Crippen LogP contribution in [0, 0.1) is 12.8 Å². The lowest BCUT2D eigenvalue weighted by molar-refractivity contribution is 0.0695. The molecule has 5 heteroatoms. The van der Waals surface area contributed by atoms with Gasteiger partial charge in [-0.3, -0.25) is 0 Å². The van der Waals surface area contributed by atoms with Crippen LogP contribution in [0.25, 0.3) is 0 Å². The molecule has 2 rings (SSSR count). The number of carboxylic acid groups (broad SMARTS) is 1. The fourth-order valence-corrected chi connectivity index (χ4v) is 1.99. The molecule has 17 heavy (non-hydrogen) atoms. The van der Waals surface area contributed by atoms with Gasteiger partial charge in [-0.25, -0.2) is 14.8 Å². The van der Waals surface area contributed by atoms with E-state index in [9.17, 15) is 4.79 Å². The van der Waals surface area contributed by atoms with E-state index in [-0.39, 0.29) is 5.56 Å². The van der Waals surface area contributed by atoms with E-state index in [1.165, 1.54) is 25.5 Å². The van der Waals surface area contributed by atoms with E-state index < -0.39 is 5.97 Å². The summed E-state index contributed by atoms with van der Waals surface area (Å²) in [6.45, 7) is 2.65. The first-order valence-corrected chi connectivity index (χ1v) is 5.86. The summed E-state index contributed by atoms with van der Waals surface area (Å²) in [4.78, 5) is 21.2. The molecule has 0 atom stereocenters. The van der Waals surface area contributed by atoms with Crippen molar-refractivity contribution >= 4 is 11.9 Å². The molecule has 0 bridgehead atoms. The molecule has 0 amide bonds. The molecule has 1 saturated carbocycles. The summed E-state index contributed by atoms with van der Waals surface area (Å²) in [5.41, 5.74) is 0.689. The van der Waals surface area contributed by atoms with Gasteiger partial charge in [0.15, 0.2) is 0 Å². The predicted octanol–water partition coefficient (Wildman–Crippen LogP) is 1.72. The predicted molar refractivity (Wildman–Crippen MR) is 64.3 cm³/mol. The molecule has 1 aliphatic carbocycles. The van der Waals surface area contributed by atoms with Crippen molar-refractivity contribution in [1.29, 1.82) is 0 Å². The van der Waals surface area contributed by atoms with E-state index in [0.29, 0.717) is 11.6 Å². The molecule has 1 aromatic rings. The van der Waals surface area contributed by atoms with Gasteiger partial charge in [0.2, 0.25) is 5.95 Å². The number of aryl methyl sites for hydroxylation is 1. The van der Waals surface area contributed by atoms with Crippen molar-refractivity contribution in [2.45, 2.75) is 26.2 Å². The Morgan fingerprint density at radius 3 is 2.76 bits per heavy atom. The van der Waals surface area contributed by atoms with E-state index >= 15 is 0 Å². The standard InChI is InChI=1S/C12H17N3O2/c1-8-10(11(16)17)6-13-12(14-8)15(2)7-9-4-3-5-9/h6,9H,3-5,7H2,1-2H3,(H,16,17). The topological polar surface area (TPSA) is 66.3 Å². The molecule has 0 spiro atoms. The zero-order valence-corrected chi connectivity index (χ0v) is 10.2. The minimum Gasteiger partial charge on any atom is -0.478 e. The molecular formula is C12H17N3O2. The Kier molecular flexibility index (Phi) is 3.26. The summed E-state index contributed by atoms with van der Waals surface area (Å²) in [6, 6.07) is 0. The average Bonchev–Trinajstić information content (AvgIpc) is 2.22. The molecule has 1 aromatic heterocycles. The molecule has 5 nitrogen and oxygen atoms in total. The minimum absolute atomic E-state index is 0.172. The van der Waals surface area contributed by atoms with Gasteiger partial charge in [-0.05, 0) is 25.7 Å². The number of aromatic nitrogens is 2. The van der Waals surface area contributed by atoms with Crippen molar-refractivity contribution in [3.05, 3.63) is 17.5 Å². The summed E-state index contributed by atoms with van der Waals surface area (Å²) < 4.78 is 0. The molecule has 1 fully saturated rings. The van der Waals surface area contributed by atoms with Crippen LogP contribution < -0.4 is 4.90 Å². The Morgan fingerprint density at radius 1 is 1.59 bits per heavy atom. The van der Waals surface area contributed by atoms with Gasteiger partial charge in [0.25, 0.3) is 0 Å². The molecule has 0 aliphatic heterocycles. The molecule has 1 heterocycles. The van der Waals surface area contributed by atoms with Crippen molar-refractivity contribution in [2.24, 2.45) is 5.92 Å². The molecule has 0 radical (unpaired) electrons. The fraction of sp³-hybridized carbons (Fsp3) is 0.583. The largest absolute Gasteiger partial charge is 0.478 e. The van der Waals surface area contributed by atoms with Crippen molar-refractivity contribution < 1.29 is 9.90 Å². The maximum atomic E-state index is 10.8. The van der Waals surface area contributed by atoms with Crippen LogP contribution in [0.2, 0.25) is 0 Å². The van der Waals surface area contributed by atoms with Crippen molar-refractivity contribution in [3.8, 4) is 0 Å². The minimum atomic E-state index is -0.976. The van der Waals surface area contributed by atoms with Crippen LogP contribution in [0.15, 0.2) is 6.20 Å². The number of hydrogen-bond acceptors (Lipinski definition) is 4. The summed E-state index contributed by atoms with van der Waals surface area (Å²) in [6.07, 6.45) is 5.25. The third-order valence-electron chi connectivity index (χ3n) is 3.30. The number of anilines is 1. The highest BCUT2D eigenvalue weighted by Crippen LogP contribution is 2.27. The van der Waals surface area contributed by atoms with Crippen molar-refractivity contribution in [1.82, 2.24) is 9.97 Å². The summed E-state index contributed by atoms with van der Waals surface area (Å²) in [7, 11) is 1.95. The third-order valence-corrected chi connectivity index (χ3v) is 3.30. The van der Waals surface area contributed by atoms with E-state index in [1.54, 1.807) is 6.92 Å². The third kappa shape index (κ3) is 2.54. The number of hydrogen-bond donors (Lipinski definition) is 1. The van der Waals surface area contributed by atoms with E-state index in [1.807, 2.05) is 11.9 Å². The summed E-state index contributed by atoms with van der Waals surface area (Å²) in [5, 5.41) is 8.89. The fourth-order valence-electron chi connectivity index (χ4n) is 1.99. The monoisotopic (exact) mass is 235 g/mol. The van der Waals surface area contributed by atoms with Crippen LogP contribution in [-0.2, 0) is 0 Å². The molecule has 1 N–H and O–H groups in total. The number of aromatic carboxylic acids is 1. The Bertz CT molecular complexity index is 430. The SMILES string of the molecule is Cc1nc(N(C)CC2CCC2)ncc1C(=O)O. The van der Waals surface area contributed by atoms with Crippen molar-refractivity contribution in [2.75, 3.05) is 18.5 Å². The molecular weight excluding hydrogens is 218 g/mol. The molecule has 1 aliphatic rings. The Hall–Kier alpha value is -1.65. The van der Waals surface area contributed by atoms with Gasteiger partial charge in [-0.15, -0.1) is 0 Å². The lowest BCUT2D eigenvalue weighted by Gasteiger charge is -2.30. The maximum Gasteiger partial charge on any atom is 0.339 e. The van der Waals surface area contributed by atoms with Gasteiger partial charge in [-0.1, -0.05) is 6.42 Å².